The number of amides is 1. The van der Waals surface area contributed by atoms with Gasteiger partial charge in [0.15, 0.2) is 0 Å². The second-order valence-electron chi connectivity index (χ2n) is 3.36. The second-order valence-corrected chi connectivity index (χ2v) is 4.34. The number of hydrogen-bond acceptors (Lipinski definition) is 4. The number of ether oxygens (including phenoxy) is 1. The Labute approximate surface area is 103 Å². The first-order valence-corrected chi connectivity index (χ1v) is 5.96. The van der Waals surface area contributed by atoms with Gasteiger partial charge in [0.25, 0.3) is 5.91 Å². The standard InChI is InChI=1S/C12H10N2O2S/c13-8-9-5-6-16-12(9)14-11(15)4-3-10-2-1-7-17-10/h1-4,7H,5-6H2,(H,14,15)/b4-3+. The minimum absolute atomic E-state index is 0.285. The van der Waals surface area contributed by atoms with Gasteiger partial charge in [-0.3, -0.25) is 10.1 Å². The summed E-state index contributed by atoms with van der Waals surface area (Å²) in [5.74, 6) is -0.00335. The highest BCUT2D eigenvalue weighted by atomic mass is 32.1. The minimum atomic E-state index is -0.289. The molecule has 1 aliphatic heterocycles. The normalized spacial score (nSPS) is 14.8. The average molecular weight is 246 g/mol. The lowest BCUT2D eigenvalue weighted by Crippen LogP contribution is -2.21. The van der Waals surface area contributed by atoms with Crippen LogP contribution in [-0.2, 0) is 9.53 Å². The Bertz CT molecular complexity index is 509. The van der Waals surface area contributed by atoms with E-state index >= 15 is 0 Å². The van der Waals surface area contributed by atoms with Crippen molar-refractivity contribution in [2.75, 3.05) is 6.61 Å². The molecule has 17 heavy (non-hydrogen) atoms. The van der Waals surface area contributed by atoms with Crippen LogP contribution in [0, 0.1) is 11.3 Å². The Morgan fingerprint density at radius 1 is 1.65 bits per heavy atom. The maximum Gasteiger partial charge on any atom is 0.250 e. The quantitative estimate of drug-likeness (QED) is 0.830. The molecular weight excluding hydrogens is 236 g/mol. The molecule has 0 saturated carbocycles. The van der Waals surface area contributed by atoms with E-state index in [1.165, 1.54) is 6.08 Å². The highest BCUT2D eigenvalue weighted by Crippen LogP contribution is 2.15. The fraction of sp³-hybridized carbons (Fsp3) is 0.167. The van der Waals surface area contributed by atoms with Crippen LogP contribution in [0.15, 0.2) is 35.0 Å². The number of nitrogens with one attached hydrogen (secondary N) is 1. The van der Waals surface area contributed by atoms with E-state index in [4.69, 9.17) is 10.00 Å². The number of carbonyl (C=O) groups is 1. The Kier molecular flexibility index (Phi) is 3.58. The summed E-state index contributed by atoms with van der Waals surface area (Å²) in [6.07, 6.45) is 3.71. The minimum Gasteiger partial charge on any atom is -0.478 e. The first-order chi connectivity index (χ1) is 8.29. The number of nitriles is 1. The summed E-state index contributed by atoms with van der Waals surface area (Å²) in [6, 6.07) is 5.84. The van der Waals surface area contributed by atoms with Gasteiger partial charge in [-0.25, -0.2) is 0 Å². The van der Waals surface area contributed by atoms with Gasteiger partial charge in [0.2, 0.25) is 5.88 Å². The zero-order valence-corrected chi connectivity index (χ0v) is 9.79. The monoisotopic (exact) mass is 246 g/mol. The zero-order valence-electron chi connectivity index (χ0n) is 8.97. The third-order valence-corrected chi connectivity index (χ3v) is 3.02. The third-order valence-electron chi connectivity index (χ3n) is 2.19. The molecule has 0 fully saturated rings. The number of carbonyl (C=O) groups excluding carboxylic acids is 1. The Morgan fingerprint density at radius 2 is 2.53 bits per heavy atom. The first kappa shape index (κ1) is 11.4. The SMILES string of the molecule is N#CC1=C(NC(=O)/C=C/c2cccs2)OCC1. The summed E-state index contributed by atoms with van der Waals surface area (Å²) in [5.41, 5.74) is 0.489. The Hall–Kier alpha value is -2.06. The first-order valence-electron chi connectivity index (χ1n) is 5.08. The second kappa shape index (κ2) is 5.32. The van der Waals surface area contributed by atoms with Crippen LogP contribution in [0.4, 0.5) is 0 Å². The van der Waals surface area contributed by atoms with Gasteiger partial charge in [-0.1, -0.05) is 6.07 Å². The molecule has 1 N–H and O–H groups in total. The van der Waals surface area contributed by atoms with Gasteiger partial charge in [0, 0.05) is 17.4 Å². The van der Waals surface area contributed by atoms with Gasteiger partial charge in [0.1, 0.15) is 6.07 Å². The van der Waals surface area contributed by atoms with Gasteiger partial charge < -0.3 is 4.74 Å². The van der Waals surface area contributed by atoms with Crippen LogP contribution in [0.2, 0.25) is 0 Å². The molecule has 1 amide bonds. The predicted molar refractivity (Wildman–Crippen MR) is 64.7 cm³/mol. The molecule has 0 atom stereocenters. The van der Waals surface area contributed by atoms with Crippen molar-refractivity contribution < 1.29 is 9.53 Å². The average Bonchev–Trinajstić information content (AvgIpc) is 2.97. The summed E-state index contributed by atoms with van der Waals surface area (Å²) < 4.78 is 5.16. The summed E-state index contributed by atoms with van der Waals surface area (Å²) in [6.45, 7) is 0.452. The van der Waals surface area contributed by atoms with Gasteiger partial charge in [-0.2, -0.15) is 5.26 Å². The molecule has 5 heteroatoms. The van der Waals surface area contributed by atoms with Crippen molar-refractivity contribution in [2.45, 2.75) is 6.42 Å². The summed E-state index contributed by atoms with van der Waals surface area (Å²) in [7, 11) is 0. The Morgan fingerprint density at radius 3 is 3.24 bits per heavy atom. The van der Waals surface area contributed by atoms with E-state index in [-0.39, 0.29) is 11.8 Å². The van der Waals surface area contributed by atoms with Crippen molar-refractivity contribution in [2.24, 2.45) is 0 Å². The van der Waals surface area contributed by atoms with E-state index in [0.29, 0.717) is 18.6 Å². The lowest BCUT2D eigenvalue weighted by molar-refractivity contribution is -0.116. The molecule has 0 spiro atoms. The molecule has 86 valence electrons. The van der Waals surface area contributed by atoms with E-state index in [1.54, 1.807) is 17.4 Å². The van der Waals surface area contributed by atoms with Crippen LogP contribution in [0.25, 0.3) is 6.08 Å². The summed E-state index contributed by atoms with van der Waals surface area (Å²) in [5, 5.41) is 13.3. The molecule has 0 aliphatic carbocycles. The largest absolute Gasteiger partial charge is 0.478 e. The zero-order chi connectivity index (χ0) is 12.1. The molecule has 2 heterocycles. The van der Waals surface area contributed by atoms with E-state index in [1.807, 2.05) is 23.6 Å². The van der Waals surface area contributed by atoms with Crippen molar-refractivity contribution >= 4 is 23.3 Å². The van der Waals surface area contributed by atoms with Gasteiger partial charge >= 0.3 is 0 Å². The van der Waals surface area contributed by atoms with Crippen LogP contribution in [0.5, 0.6) is 0 Å². The van der Waals surface area contributed by atoms with E-state index in [2.05, 4.69) is 5.32 Å². The van der Waals surface area contributed by atoms with Crippen LogP contribution < -0.4 is 5.32 Å². The Balaban J connectivity index is 1.96. The number of thiophene rings is 1. The number of rotatable bonds is 3. The van der Waals surface area contributed by atoms with E-state index in [0.717, 1.165) is 4.88 Å². The fourth-order valence-electron chi connectivity index (χ4n) is 1.37. The highest BCUT2D eigenvalue weighted by molar-refractivity contribution is 7.10. The molecule has 0 unspecified atom stereocenters. The van der Waals surface area contributed by atoms with Gasteiger partial charge in [-0.15, -0.1) is 11.3 Å². The van der Waals surface area contributed by atoms with E-state index < -0.39 is 0 Å². The van der Waals surface area contributed by atoms with Gasteiger partial charge in [0.05, 0.1) is 12.2 Å². The summed E-state index contributed by atoms with van der Waals surface area (Å²) in [4.78, 5) is 12.5. The maximum atomic E-state index is 11.5. The number of hydrogen-bond donors (Lipinski definition) is 1. The highest BCUT2D eigenvalue weighted by Gasteiger charge is 2.16. The van der Waals surface area contributed by atoms with Crippen molar-refractivity contribution in [1.29, 1.82) is 5.26 Å². The smallest absolute Gasteiger partial charge is 0.250 e. The number of nitrogens with zero attached hydrogens (tertiary/aromatic N) is 1. The molecule has 1 aromatic heterocycles. The molecule has 0 bridgehead atoms. The molecular formula is C12H10N2O2S. The topological polar surface area (TPSA) is 62.1 Å². The van der Waals surface area contributed by atoms with Crippen LogP contribution in [0.1, 0.15) is 11.3 Å². The molecule has 4 nitrogen and oxygen atoms in total. The van der Waals surface area contributed by atoms with E-state index in [9.17, 15) is 4.79 Å². The molecule has 1 aliphatic rings. The maximum absolute atomic E-state index is 11.5. The molecule has 2 rings (SSSR count). The molecule has 1 aromatic rings. The van der Waals surface area contributed by atoms with Gasteiger partial charge in [-0.05, 0) is 17.5 Å². The summed E-state index contributed by atoms with van der Waals surface area (Å²) >= 11 is 1.55. The molecule has 0 saturated heterocycles. The predicted octanol–water partition coefficient (Wildman–Crippen LogP) is 2.03. The van der Waals surface area contributed by atoms with Crippen molar-refractivity contribution in [1.82, 2.24) is 5.32 Å². The van der Waals surface area contributed by atoms with Crippen molar-refractivity contribution in [3.05, 3.63) is 39.9 Å². The molecule has 0 radical (unpaired) electrons. The van der Waals surface area contributed by atoms with Crippen LogP contribution in [0.3, 0.4) is 0 Å². The fourth-order valence-corrected chi connectivity index (χ4v) is 1.99. The van der Waals surface area contributed by atoms with Crippen molar-refractivity contribution in [3.63, 3.8) is 0 Å². The van der Waals surface area contributed by atoms with Crippen LogP contribution in [-0.4, -0.2) is 12.5 Å². The van der Waals surface area contributed by atoms with Crippen molar-refractivity contribution in [3.8, 4) is 6.07 Å². The lowest BCUT2D eigenvalue weighted by atomic mass is 10.2. The third kappa shape index (κ3) is 2.95. The molecule has 0 aromatic carbocycles. The van der Waals surface area contributed by atoms with Crippen LogP contribution >= 0.6 is 11.3 Å². The lowest BCUT2D eigenvalue weighted by Gasteiger charge is -2.03.